The van der Waals surface area contributed by atoms with E-state index in [1.54, 1.807) is 0 Å². The molecule has 0 aromatic carbocycles. The Hall–Kier alpha value is -1.40. The normalized spacial score (nSPS) is 13.2. The minimum atomic E-state index is -0.785. The van der Waals surface area contributed by atoms with Crippen molar-refractivity contribution < 1.29 is 24.5 Å². The summed E-state index contributed by atoms with van der Waals surface area (Å²) in [6.45, 7) is 6.45. The number of hydrogen-bond donors (Lipinski definition) is 3. The van der Waals surface area contributed by atoms with Gasteiger partial charge in [-0.05, 0) is 44.9 Å². The van der Waals surface area contributed by atoms with Crippen LogP contribution in [0.3, 0.4) is 0 Å². The Kier molecular flexibility index (Phi) is 48.5. The van der Waals surface area contributed by atoms with E-state index in [9.17, 15) is 19.8 Å². The molecule has 0 aliphatic rings. The number of aliphatic hydroxyl groups is 2. The van der Waals surface area contributed by atoms with Crippen molar-refractivity contribution in [1.29, 1.82) is 0 Å². The van der Waals surface area contributed by atoms with E-state index >= 15 is 0 Å². The predicted octanol–water partition coefficient (Wildman–Crippen LogP) is 16.5. The molecule has 6 heteroatoms. The third-order valence-corrected chi connectivity index (χ3v) is 12.8. The van der Waals surface area contributed by atoms with Gasteiger partial charge in [0, 0.05) is 6.42 Å². The Morgan fingerprint density at radius 2 is 0.820 bits per heavy atom. The quantitative estimate of drug-likeness (QED) is 0.0322. The van der Waals surface area contributed by atoms with E-state index in [2.05, 4.69) is 38.2 Å². The number of ether oxygens (including phenoxy) is 1. The number of amides is 1. The Labute approximate surface area is 380 Å². The van der Waals surface area contributed by atoms with Crippen LogP contribution in [0.1, 0.15) is 303 Å². The average Bonchev–Trinajstić information content (AvgIpc) is 3.25. The lowest BCUT2D eigenvalue weighted by Gasteiger charge is -2.24. The number of carbonyl (C=O) groups is 2. The highest BCUT2D eigenvalue weighted by Gasteiger charge is 2.24. The fourth-order valence-corrected chi connectivity index (χ4v) is 8.67. The third-order valence-electron chi connectivity index (χ3n) is 12.8. The van der Waals surface area contributed by atoms with Crippen LogP contribution in [-0.4, -0.2) is 46.9 Å². The van der Waals surface area contributed by atoms with Gasteiger partial charge >= 0.3 is 5.97 Å². The molecule has 0 spiro atoms. The molecule has 0 saturated carbocycles. The van der Waals surface area contributed by atoms with Crippen LogP contribution in [0.25, 0.3) is 0 Å². The Morgan fingerprint density at radius 3 is 1.23 bits per heavy atom. The van der Waals surface area contributed by atoms with Crippen molar-refractivity contribution in [2.24, 2.45) is 0 Å². The maximum atomic E-state index is 13.2. The van der Waals surface area contributed by atoms with Crippen molar-refractivity contribution in [3.8, 4) is 0 Å². The summed E-state index contributed by atoms with van der Waals surface area (Å²) in [6, 6.07) is -0.699. The molecule has 0 aromatic heterocycles. The number of nitrogens with one attached hydrogen (secondary N) is 1. The molecule has 61 heavy (non-hydrogen) atoms. The highest BCUT2D eigenvalue weighted by molar-refractivity contribution is 5.77. The number of aliphatic hydroxyl groups excluding tert-OH is 2. The van der Waals surface area contributed by atoms with E-state index in [-0.39, 0.29) is 24.9 Å². The number of rotatable bonds is 50. The average molecular weight is 862 g/mol. The van der Waals surface area contributed by atoms with Crippen LogP contribution >= 0.6 is 0 Å². The van der Waals surface area contributed by atoms with Gasteiger partial charge in [0.1, 0.15) is 6.10 Å². The standard InChI is InChI=1S/C55H107NO5/c1-4-7-10-13-16-19-21-23-25-26-27-28-30-32-34-36-39-42-45-48-55(60)61-51(46-43-40-37-18-15-12-9-6-3)49-54(59)56-52(50-57)53(58)47-44-41-38-35-33-31-29-24-22-20-17-14-11-8-5-2/h12,15,51-53,57-58H,4-11,13-14,16-50H2,1-3H3,(H,56,59)/b15-12-. The molecule has 0 heterocycles. The molecule has 0 aliphatic heterocycles. The molecule has 3 N–H and O–H groups in total. The van der Waals surface area contributed by atoms with Crippen LogP contribution in [-0.2, 0) is 14.3 Å². The van der Waals surface area contributed by atoms with Crippen molar-refractivity contribution in [2.75, 3.05) is 6.61 Å². The van der Waals surface area contributed by atoms with Crippen LogP contribution in [0.15, 0.2) is 12.2 Å². The first-order valence-corrected chi connectivity index (χ1v) is 27.4. The number of esters is 1. The number of allylic oxidation sites excluding steroid dienone is 2. The number of carbonyl (C=O) groups excluding carboxylic acids is 2. The van der Waals surface area contributed by atoms with Crippen molar-refractivity contribution in [2.45, 2.75) is 322 Å². The molecule has 0 fully saturated rings. The molecule has 0 saturated heterocycles. The first-order valence-electron chi connectivity index (χ1n) is 27.4. The van der Waals surface area contributed by atoms with Gasteiger partial charge < -0.3 is 20.3 Å². The molecule has 0 bridgehead atoms. The van der Waals surface area contributed by atoms with E-state index in [1.165, 1.54) is 193 Å². The zero-order valence-electron chi connectivity index (χ0n) is 41.3. The lowest BCUT2D eigenvalue weighted by Crippen LogP contribution is -2.46. The molecular formula is C55H107NO5. The zero-order chi connectivity index (χ0) is 44.5. The highest BCUT2D eigenvalue weighted by atomic mass is 16.5. The van der Waals surface area contributed by atoms with Crippen LogP contribution in [0, 0.1) is 0 Å². The molecule has 362 valence electrons. The van der Waals surface area contributed by atoms with Gasteiger partial charge in [0.15, 0.2) is 0 Å². The second-order valence-electron chi connectivity index (χ2n) is 19.0. The minimum absolute atomic E-state index is 0.0729. The smallest absolute Gasteiger partial charge is 0.306 e. The van der Waals surface area contributed by atoms with Crippen molar-refractivity contribution in [1.82, 2.24) is 5.32 Å². The SMILES string of the molecule is CCC/C=C\CCCCCC(CC(=O)NC(CO)C(O)CCCCCCCCCCCCCCCCC)OC(=O)CCCCCCCCCCCCCCCCCCCCC. The Morgan fingerprint density at radius 1 is 0.459 bits per heavy atom. The monoisotopic (exact) mass is 862 g/mol. The maximum absolute atomic E-state index is 13.2. The Bertz CT molecular complexity index is 924. The molecule has 0 rings (SSSR count). The second-order valence-corrected chi connectivity index (χ2v) is 19.0. The van der Waals surface area contributed by atoms with Gasteiger partial charge in [-0.3, -0.25) is 9.59 Å². The summed E-state index contributed by atoms with van der Waals surface area (Å²) in [5.41, 5.74) is 0. The van der Waals surface area contributed by atoms with Crippen LogP contribution < -0.4 is 5.32 Å². The van der Waals surface area contributed by atoms with E-state index in [4.69, 9.17) is 4.74 Å². The van der Waals surface area contributed by atoms with Gasteiger partial charge in [0.05, 0.1) is 25.2 Å². The largest absolute Gasteiger partial charge is 0.462 e. The minimum Gasteiger partial charge on any atom is -0.462 e. The second kappa shape index (κ2) is 49.6. The van der Waals surface area contributed by atoms with E-state index in [0.717, 1.165) is 64.2 Å². The van der Waals surface area contributed by atoms with E-state index in [0.29, 0.717) is 19.3 Å². The fraction of sp³-hybridized carbons (Fsp3) is 0.927. The van der Waals surface area contributed by atoms with Crippen LogP contribution in [0.2, 0.25) is 0 Å². The first kappa shape index (κ1) is 59.6. The fourth-order valence-electron chi connectivity index (χ4n) is 8.67. The summed E-state index contributed by atoms with van der Waals surface area (Å²) in [4.78, 5) is 26.1. The lowest BCUT2D eigenvalue weighted by atomic mass is 10.0. The van der Waals surface area contributed by atoms with Gasteiger partial charge in [-0.1, -0.05) is 258 Å². The molecule has 6 nitrogen and oxygen atoms in total. The summed E-state index contributed by atoms with van der Waals surface area (Å²) >= 11 is 0. The summed E-state index contributed by atoms with van der Waals surface area (Å²) in [6.07, 6.45) is 55.8. The molecular weight excluding hydrogens is 755 g/mol. The molecule has 3 unspecified atom stereocenters. The predicted molar refractivity (Wildman–Crippen MR) is 264 cm³/mol. The molecule has 3 atom stereocenters. The zero-order valence-corrected chi connectivity index (χ0v) is 41.3. The third kappa shape index (κ3) is 45.0. The van der Waals surface area contributed by atoms with Gasteiger partial charge in [-0.15, -0.1) is 0 Å². The van der Waals surface area contributed by atoms with Crippen molar-refractivity contribution >= 4 is 11.9 Å². The van der Waals surface area contributed by atoms with Gasteiger partial charge in [-0.25, -0.2) is 0 Å². The molecule has 1 amide bonds. The van der Waals surface area contributed by atoms with Crippen LogP contribution in [0.4, 0.5) is 0 Å². The Balaban J connectivity index is 4.31. The summed E-state index contributed by atoms with van der Waals surface area (Å²) in [7, 11) is 0. The maximum Gasteiger partial charge on any atom is 0.306 e. The van der Waals surface area contributed by atoms with E-state index < -0.39 is 18.2 Å². The van der Waals surface area contributed by atoms with Crippen LogP contribution in [0.5, 0.6) is 0 Å². The van der Waals surface area contributed by atoms with Gasteiger partial charge in [0.2, 0.25) is 5.91 Å². The molecule has 0 radical (unpaired) electrons. The topological polar surface area (TPSA) is 95.9 Å². The highest BCUT2D eigenvalue weighted by Crippen LogP contribution is 2.19. The molecule has 0 aromatic rings. The van der Waals surface area contributed by atoms with Gasteiger partial charge in [-0.2, -0.15) is 0 Å². The van der Waals surface area contributed by atoms with Crippen molar-refractivity contribution in [3.63, 3.8) is 0 Å². The molecule has 0 aliphatic carbocycles. The first-order chi connectivity index (χ1) is 30.0. The number of unbranched alkanes of at least 4 members (excludes halogenated alkanes) is 36. The van der Waals surface area contributed by atoms with E-state index in [1.807, 2.05) is 0 Å². The summed E-state index contributed by atoms with van der Waals surface area (Å²) in [5, 5.41) is 23.8. The number of hydrogen-bond acceptors (Lipinski definition) is 5. The van der Waals surface area contributed by atoms with Gasteiger partial charge in [0.25, 0.3) is 0 Å². The lowest BCUT2D eigenvalue weighted by molar-refractivity contribution is -0.151. The van der Waals surface area contributed by atoms with Crippen molar-refractivity contribution in [3.05, 3.63) is 12.2 Å². The summed E-state index contributed by atoms with van der Waals surface area (Å²) in [5.74, 6) is -0.474. The summed E-state index contributed by atoms with van der Waals surface area (Å²) < 4.78 is 5.92.